The SMILES string of the molecule is Cc1csc(=O)n1CC(=O)N1CCN(S(=O)(=O)c2ccc(F)cc2)CC1. The van der Waals surface area contributed by atoms with E-state index in [4.69, 9.17) is 0 Å². The maximum Gasteiger partial charge on any atom is 0.307 e. The Hall–Kier alpha value is -2.04. The van der Waals surface area contributed by atoms with E-state index >= 15 is 0 Å². The van der Waals surface area contributed by atoms with E-state index in [1.807, 2.05) is 0 Å². The van der Waals surface area contributed by atoms with Gasteiger partial charge in [-0.15, -0.1) is 0 Å². The zero-order chi connectivity index (χ0) is 18.9. The maximum absolute atomic E-state index is 13.0. The number of aryl methyl sites for hydroxylation is 1. The van der Waals surface area contributed by atoms with Crippen LogP contribution in [0.1, 0.15) is 5.69 Å². The summed E-state index contributed by atoms with van der Waals surface area (Å²) in [5.74, 6) is -0.717. The lowest BCUT2D eigenvalue weighted by Crippen LogP contribution is -2.51. The molecule has 10 heteroatoms. The number of piperazine rings is 1. The Morgan fingerprint density at radius 2 is 1.77 bits per heavy atom. The fourth-order valence-electron chi connectivity index (χ4n) is 2.76. The van der Waals surface area contributed by atoms with Crippen molar-refractivity contribution in [2.75, 3.05) is 26.2 Å². The summed E-state index contributed by atoms with van der Waals surface area (Å²) in [5.41, 5.74) is 0.728. The molecule has 0 atom stereocenters. The van der Waals surface area contributed by atoms with Gasteiger partial charge >= 0.3 is 4.87 Å². The first-order valence-electron chi connectivity index (χ1n) is 7.97. The van der Waals surface area contributed by atoms with Gasteiger partial charge in [-0.3, -0.25) is 14.2 Å². The maximum atomic E-state index is 13.0. The molecule has 7 nitrogen and oxygen atoms in total. The molecule has 0 saturated carbocycles. The summed E-state index contributed by atoms with van der Waals surface area (Å²) in [5, 5.41) is 1.70. The zero-order valence-electron chi connectivity index (χ0n) is 14.1. The van der Waals surface area contributed by atoms with Crippen LogP contribution in [0.15, 0.2) is 39.3 Å². The Kier molecular flexibility index (Phi) is 5.26. The molecule has 1 aliphatic heterocycles. The molecule has 1 aliphatic rings. The van der Waals surface area contributed by atoms with Gasteiger partial charge in [-0.25, -0.2) is 12.8 Å². The summed E-state index contributed by atoms with van der Waals surface area (Å²) < 4.78 is 40.8. The van der Waals surface area contributed by atoms with Crippen LogP contribution >= 0.6 is 11.3 Å². The van der Waals surface area contributed by atoms with Crippen molar-refractivity contribution in [3.63, 3.8) is 0 Å². The molecule has 1 aromatic carbocycles. The van der Waals surface area contributed by atoms with Crippen LogP contribution in [0, 0.1) is 12.7 Å². The summed E-state index contributed by atoms with van der Waals surface area (Å²) in [6.45, 7) is 2.53. The molecule has 2 aromatic rings. The molecule has 1 aromatic heterocycles. The van der Waals surface area contributed by atoms with Crippen molar-refractivity contribution in [3.05, 3.63) is 50.8 Å². The number of thiazole rings is 1. The summed E-state index contributed by atoms with van der Waals surface area (Å²) in [7, 11) is -3.72. The van der Waals surface area contributed by atoms with E-state index in [1.54, 1.807) is 17.2 Å². The van der Waals surface area contributed by atoms with Crippen LogP contribution in [0.2, 0.25) is 0 Å². The highest BCUT2D eigenvalue weighted by Gasteiger charge is 2.30. The fraction of sp³-hybridized carbons (Fsp3) is 0.375. The molecule has 0 N–H and O–H groups in total. The molecule has 0 aliphatic carbocycles. The summed E-state index contributed by atoms with van der Waals surface area (Å²) in [6.07, 6.45) is 0. The highest BCUT2D eigenvalue weighted by molar-refractivity contribution is 7.89. The van der Waals surface area contributed by atoms with Gasteiger partial charge in [0.1, 0.15) is 12.4 Å². The standard InChI is InChI=1S/C16H18FN3O4S2/c1-12-11-25-16(22)20(12)10-15(21)18-6-8-19(9-7-18)26(23,24)14-4-2-13(17)3-5-14/h2-5,11H,6-10H2,1H3. The van der Waals surface area contributed by atoms with Gasteiger partial charge in [0.05, 0.1) is 4.90 Å². The Morgan fingerprint density at radius 1 is 1.15 bits per heavy atom. The van der Waals surface area contributed by atoms with Crippen molar-refractivity contribution >= 4 is 27.3 Å². The molecule has 26 heavy (non-hydrogen) atoms. The van der Waals surface area contributed by atoms with Gasteiger partial charge in [0.15, 0.2) is 0 Å². The predicted molar refractivity (Wildman–Crippen MR) is 95.1 cm³/mol. The van der Waals surface area contributed by atoms with Crippen molar-refractivity contribution < 1.29 is 17.6 Å². The van der Waals surface area contributed by atoms with Crippen molar-refractivity contribution in [1.29, 1.82) is 0 Å². The second-order valence-electron chi connectivity index (χ2n) is 5.97. The van der Waals surface area contributed by atoms with Crippen LogP contribution in [0.25, 0.3) is 0 Å². The first-order chi connectivity index (χ1) is 12.3. The third-order valence-corrected chi connectivity index (χ3v) is 7.11. The smallest absolute Gasteiger partial charge is 0.307 e. The van der Waals surface area contributed by atoms with E-state index in [0.29, 0.717) is 0 Å². The Morgan fingerprint density at radius 3 is 2.31 bits per heavy atom. The lowest BCUT2D eigenvalue weighted by molar-refractivity contribution is -0.133. The molecular weight excluding hydrogens is 381 g/mol. The monoisotopic (exact) mass is 399 g/mol. The number of amides is 1. The number of benzene rings is 1. The number of hydrogen-bond acceptors (Lipinski definition) is 5. The number of sulfonamides is 1. The van der Waals surface area contributed by atoms with Crippen LogP contribution in [-0.4, -0.2) is 54.3 Å². The molecule has 1 amide bonds. The third kappa shape index (κ3) is 3.71. The second-order valence-corrected chi connectivity index (χ2v) is 8.73. The molecule has 1 saturated heterocycles. The molecule has 1 fully saturated rings. The normalized spacial score (nSPS) is 16.0. The lowest BCUT2D eigenvalue weighted by atomic mass is 10.3. The lowest BCUT2D eigenvalue weighted by Gasteiger charge is -2.34. The Bertz CT molecular complexity index is 958. The Balaban J connectivity index is 1.64. The highest BCUT2D eigenvalue weighted by atomic mass is 32.2. The predicted octanol–water partition coefficient (Wildman–Crippen LogP) is 0.890. The van der Waals surface area contributed by atoms with E-state index in [9.17, 15) is 22.4 Å². The zero-order valence-corrected chi connectivity index (χ0v) is 15.7. The average Bonchev–Trinajstić information content (AvgIpc) is 2.94. The summed E-state index contributed by atoms with van der Waals surface area (Å²) in [4.78, 5) is 25.5. The van der Waals surface area contributed by atoms with E-state index in [0.717, 1.165) is 29.2 Å². The summed E-state index contributed by atoms with van der Waals surface area (Å²) >= 11 is 1.04. The van der Waals surface area contributed by atoms with E-state index < -0.39 is 15.8 Å². The van der Waals surface area contributed by atoms with Gasteiger partial charge in [-0.2, -0.15) is 4.31 Å². The van der Waals surface area contributed by atoms with Crippen LogP contribution in [0.3, 0.4) is 0 Å². The number of aromatic nitrogens is 1. The van der Waals surface area contributed by atoms with Gasteiger partial charge in [0.2, 0.25) is 15.9 Å². The minimum absolute atomic E-state index is 0.0270. The first kappa shape index (κ1) is 18.7. The first-order valence-corrected chi connectivity index (χ1v) is 10.3. The third-order valence-electron chi connectivity index (χ3n) is 4.31. The molecule has 0 bridgehead atoms. The van der Waals surface area contributed by atoms with Crippen LogP contribution in [0.4, 0.5) is 4.39 Å². The largest absolute Gasteiger partial charge is 0.338 e. The van der Waals surface area contributed by atoms with Gasteiger partial charge in [0.25, 0.3) is 0 Å². The minimum atomic E-state index is -3.72. The number of carbonyl (C=O) groups is 1. The van der Waals surface area contributed by atoms with Gasteiger partial charge < -0.3 is 4.90 Å². The molecule has 3 rings (SSSR count). The molecule has 140 valence electrons. The van der Waals surface area contributed by atoms with Crippen molar-refractivity contribution in [1.82, 2.24) is 13.8 Å². The van der Waals surface area contributed by atoms with E-state index in [1.165, 1.54) is 21.0 Å². The van der Waals surface area contributed by atoms with Gasteiger partial charge in [0, 0.05) is 37.3 Å². The van der Waals surface area contributed by atoms with Gasteiger partial charge in [-0.05, 0) is 31.2 Å². The van der Waals surface area contributed by atoms with Crippen LogP contribution in [-0.2, 0) is 21.4 Å². The number of hydrogen-bond donors (Lipinski definition) is 0. The molecule has 0 radical (unpaired) electrons. The number of carbonyl (C=O) groups excluding carboxylic acids is 1. The summed E-state index contributed by atoms with van der Waals surface area (Å²) in [6, 6.07) is 4.67. The van der Waals surface area contributed by atoms with Crippen molar-refractivity contribution in [2.45, 2.75) is 18.4 Å². The van der Waals surface area contributed by atoms with E-state index in [2.05, 4.69) is 0 Å². The molecule has 0 spiro atoms. The molecular formula is C16H18FN3O4S2. The van der Waals surface area contributed by atoms with Crippen LogP contribution < -0.4 is 4.87 Å². The number of halogens is 1. The number of nitrogens with zero attached hydrogens (tertiary/aromatic N) is 3. The Labute approximate surface area is 154 Å². The average molecular weight is 399 g/mol. The molecule has 0 unspecified atom stereocenters. The number of rotatable bonds is 4. The highest BCUT2D eigenvalue weighted by Crippen LogP contribution is 2.18. The second kappa shape index (κ2) is 7.29. The van der Waals surface area contributed by atoms with Crippen molar-refractivity contribution in [3.8, 4) is 0 Å². The quantitative estimate of drug-likeness (QED) is 0.765. The van der Waals surface area contributed by atoms with E-state index in [-0.39, 0.29) is 48.4 Å². The fourth-order valence-corrected chi connectivity index (χ4v) is 4.92. The topological polar surface area (TPSA) is 79.7 Å². The van der Waals surface area contributed by atoms with Gasteiger partial charge in [-0.1, -0.05) is 11.3 Å². The van der Waals surface area contributed by atoms with Crippen molar-refractivity contribution in [2.24, 2.45) is 0 Å². The molecule has 2 heterocycles. The minimum Gasteiger partial charge on any atom is -0.338 e. The van der Waals surface area contributed by atoms with Crippen LogP contribution in [0.5, 0.6) is 0 Å².